The summed E-state index contributed by atoms with van der Waals surface area (Å²) < 4.78 is 0. The Morgan fingerprint density at radius 3 is 2.39 bits per heavy atom. The largest absolute Gasteiger partial charge is 0.352 e. The van der Waals surface area contributed by atoms with Crippen molar-refractivity contribution in [3.05, 3.63) is 94.3 Å². The molecule has 0 spiro atoms. The Hall–Kier alpha value is -3.18. The molecule has 3 aromatic rings. The zero-order valence-electron chi connectivity index (χ0n) is 15.4. The molecule has 0 aliphatic heterocycles. The number of pyridine rings is 1. The van der Waals surface area contributed by atoms with Crippen molar-refractivity contribution >= 4 is 29.1 Å². The number of anilines is 1. The van der Waals surface area contributed by atoms with Crippen molar-refractivity contribution in [2.45, 2.75) is 13.3 Å². The van der Waals surface area contributed by atoms with Gasteiger partial charge < -0.3 is 10.6 Å². The van der Waals surface area contributed by atoms with E-state index in [0.29, 0.717) is 28.4 Å². The average molecular weight is 394 g/mol. The first-order chi connectivity index (χ1) is 13.5. The first-order valence-electron chi connectivity index (χ1n) is 8.87. The number of aromatic nitrogens is 1. The molecule has 6 heteroatoms. The summed E-state index contributed by atoms with van der Waals surface area (Å²) in [6.45, 7) is 2.36. The molecule has 0 saturated heterocycles. The summed E-state index contributed by atoms with van der Waals surface area (Å²) in [5, 5.41) is 6.27. The fourth-order valence-corrected chi connectivity index (χ4v) is 2.94. The van der Waals surface area contributed by atoms with Crippen LogP contribution in [0.15, 0.2) is 67.0 Å². The van der Waals surface area contributed by atoms with Gasteiger partial charge in [-0.1, -0.05) is 41.9 Å². The number of hydrogen-bond acceptors (Lipinski definition) is 3. The smallest absolute Gasteiger partial charge is 0.257 e. The fourth-order valence-electron chi connectivity index (χ4n) is 2.72. The van der Waals surface area contributed by atoms with E-state index in [2.05, 4.69) is 15.6 Å². The molecule has 2 aromatic carbocycles. The summed E-state index contributed by atoms with van der Waals surface area (Å²) in [6, 6.07) is 16.7. The molecule has 3 rings (SSSR count). The fraction of sp³-hybridized carbons (Fsp3) is 0.136. The highest BCUT2D eigenvalue weighted by Crippen LogP contribution is 2.20. The van der Waals surface area contributed by atoms with Crippen LogP contribution in [-0.4, -0.2) is 23.3 Å². The van der Waals surface area contributed by atoms with Gasteiger partial charge in [0.05, 0.1) is 11.1 Å². The minimum atomic E-state index is -0.336. The summed E-state index contributed by atoms with van der Waals surface area (Å²) in [7, 11) is 0. The predicted octanol–water partition coefficient (Wildman–Crippen LogP) is 4.27. The Bertz CT molecular complexity index is 990. The molecule has 0 radical (unpaired) electrons. The van der Waals surface area contributed by atoms with Crippen LogP contribution in [0.1, 0.15) is 31.8 Å². The van der Waals surface area contributed by atoms with Crippen LogP contribution in [0.4, 0.5) is 5.69 Å². The van der Waals surface area contributed by atoms with Crippen molar-refractivity contribution in [1.29, 1.82) is 0 Å². The average Bonchev–Trinajstić information content (AvgIpc) is 2.71. The molecular formula is C22H20ClN3O2. The van der Waals surface area contributed by atoms with Crippen LogP contribution < -0.4 is 10.6 Å². The Kier molecular flexibility index (Phi) is 6.40. The van der Waals surface area contributed by atoms with Gasteiger partial charge in [-0.05, 0) is 48.7 Å². The molecule has 2 amide bonds. The lowest BCUT2D eigenvalue weighted by molar-refractivity contribution is 0.0953. The maximum atomic E-state index is 12.5. The molecule has 0 atom stereocenters. The summed E-state index contributed by atoms with van der Waals surface area (Å²) in [4.78, 5) is 28.9. The number of aryl methyl sites for hydroxylation is 1. The maximum Gasteiger partial charge on any atom is 0.257 e. The van der Waals surface area contributed by atoms with E-state index in [1.54, 1.807) is 18.2 Å². The number of nitrogens with zero attached hydrogens (tertiary/aromatic N) is 1. The zero-order chi connectivity index (χ0) is 19.9. The monoisotopic (exact) mass is 393 g/mol. The van der Waals surface area contributed by atoms with E-state index in [1.165, 1.54) is 18.5 Å². The first-order valence-corrected chi connectivity index (χ1v) is 9.25. The van der Waals surface area contributed by atoms with E-state index in [9.17, 15) is 9.59 Å². The Labute approximate surface area is 168 Å². The Morgan fingerprint density at radius 2 is 1.68 bits per heavy atom. The standard InChI is InChI=1S/C22H20ClN3O2/c1-15-11-19(23)7-8-20(15)26-22(28)18-12-17(13-24-14-18)21(27)25-10-9-16-5-3-2-4-6-16/h2-8,11-14H,9-10H2,1H3,(H,25,27)(H,26,28). The highest BCUT2D eigenvalue weighted by atomic mass is 35.5. The van der Waals surface area contributed by atoms with Gasteiger partial charge in [0.15, 0.2) is 0 Å². The van der Waals surface area contributed by atoms with E-state index in [4.69, 9.17) is 11.6 Å². The lowest BCUT2D eigenvalue weighted by Gasteiger charge is -2.10. The zero-order valence-corrected chi connectivity index (χ0v) is 16.2. The Morgan fingerprint density at radius 1 is 0.964 bits per heavy atom. The van der Waals surface area contributed by atoms with Crippen molar-refractivity contribution in [1.82, 2.24) is 10.3 Å². The predicted molar refractivity (Wildman–Crippen MR) is 111 cm³/mol. The van der Waals surface area contributed by atoms with Crippen LogP contribution in [0.3, 0.4) is 0 Å². The van der Waals surface area contributed by atoms with Gasteiger partial charge in [-0.2, -0.15) is 0 Å². The van der Waals surface area contributed by atoms with E-state index in [-0.39, 0.29) is 11.8 Å². The minimum Gasteiger partial charge on any atom is -0.352 e. The number of amides is 2. The van der Waals surface area contributed by atoms with Crippen molar-refractivity contribution in [3.63, 3.8) is 0 Å². The number of hydrogen-bond donors (Lipinski definition) is 2. The van der Waals surface area contributed by atoms with E-state index in [0.717, 1.165) is 17.5 Å². The van der Waals surface area contributed by atoms with Crippen LogP contribution >= 0.6 is 11.6 Å². The normalized spacial score (nSPS) is 10.4. The molecule has 0 aliphatic rings. The molecule has 0 bridgehead atoms. The summed E-state index contributed by atoms with van der Waals surface area (Å²) in [5.41, 5.74) is 3.31. The van der Waals surface area contributed by atoms with Crippen molar-refractivity contribution in [2.24, 2.45) is 0 Å². The number of rotatable bonds is 6. The highest BCUT2D eigenvalue weighted by molar-refractivity contribution is 6.30. The van der Waals surface area contributed by atoms with E-state index < -0.39 is 0 Å². The molecule has 2 N–H and O–H groups in total. The van der Waals surface area contributed by atoms with Gasteiger partial charge in [0, 0.05) is 29.6 Å². The third-order valence-corrected chi connectivity index (χ3v) is 4.48. The first kappa shape index (κ1) is 19.6. The SMILES string of the molecule is Cc1cc(Cl)ccc1NC(=O)c1cncc(C(=O)NCCc2ccccc2)c1. The second-order valence-corrected chi connectivity index (χ2v) is 6.80. The van der Waals surface area contributed by atoms with Crippen LogP contribution in [0.2, 0.25) is 5.02 Å². The van der Waals surface area contributed by atoms with Gasteiger partial charge in [0.25, 0.3) is 11.8 Å². The lowest BCUT2D eigenvalue weighted by Crippen LogP contribution is -2.26. The van der Waals surface area contributed by atoms with Crippen LogP contribution in [0.25, 0.3) is 0 Å². The second kappa shape index (κ2) is 9.15. The van der Waals surface area contributed by atoms with Crippen LogP contribution in [0.5, 0.6) is 0 Å². The van der Waals surface area contributed by atoms with Crippen molar-refractivity contribution < 1.29 is 9.59 Å². The highest BCUT2D eigenvalue weighted by Gasteiger charge is 2.12. The third-order valence-electron chi connectivity index (χ3n) is 4.24. The van der Waals surface area contributed by atoms with Gasteiger partial charge in [0.1, 0.15) is 0 Å². The van der Waals surface area contributed by atoms with Gasteiger partial charge in [-0.15, -0.1) is 0 Å². The minimum absolute atomic E-state index is 0.263. The number of halogens is 1. The molecular weight excluding hydrogens is 374 g/mol. The molecule has 1 heterocycles. The third kappa shape index (κ3) is 5.18. The maximum absolute atomic E-state index is 12.5. The number of carbonyl (C=O) groups excluding carboxylic acids is 2. The molecule has 0 aliphatic carbocycles. The van der Waals surface area contributed by atoms with Crippen LogP contribution in [-0.2, 0) is 6.42 Å². The van der Waals surface area contributed by atoms with Crippen molar-refractivity contribution in [2.75, 3.05) is 11.9 Å². The topological polar surface area (TPSA) is 71.1 Å². The lowest BCUT2D eigenvalue weighted by atomic mass is 10.1. The molecule has 28 heavy (non-hydrogen) atoms. The molecule has 0 fully saturated rings. The molecule has 0 saturated carbocycles. The summed E-state index contributed by atoms with van der Waals surface area (Å²) in [6.07, 6.45) is 3.61. The second-order valence-electron chi connectivity index (χ2n) is 6.37. The van der Waals surface area contributed by atoms with Crippen LogP contribution in [0, 0.1) is 6.92 Å². The van der Waals surface area contributed by atoms with E-state index >= 15 is 0 Å². The number of carbonyl (C=O) groups is 2. The van der Waals surface area contributed by atoms with Gasteiger partial charge in [0.2, 0.25) is 0 Å². The summed E-state index contributed by atoms with van der Waals surface area (Å²) in [5.74, 6) is -0.599. The number of benzene rings is 2. The molecule has 0 unspecified atom stereocenters. The van der Waals surface area contributed by atoms with E-state index in [1.807, 2.05) is 37.3 Å². The van der Waals surface area contributed by atoms with Crippen molar-refractivity contribution in [3.8, 4) is 0 Å². The Balaban J connectivity index is 1.62. The summed E-state index contributed by atoms with van der Waals surface area (Å²) >= 11 is 5.94. The van der Waals surface area contributed by atoms with Gasteiger partial charge >= 0.3 is 0 Å². The molecule has 142 valence electrons. The number of nitrogens with one attached hydrogen (secondary N) is 2. The van der Waals surface area contributed by atoms with Gasteiger partial charge in [-0.3, -0.25) is 14.6 Å². The van der Waals surface area contributed by atoms with Gasteiger partial charge in [-0.25, -0.2) is 0 Å². The molecule has 5 nitrogen and oxygen atoms in total. The quantitative estimate of drug-likeness (QED) is 0.657. The molecule has 1 aromatic heterocycles.